The molecule has 0 aromatic heterocycles. The highest BCUT2D eigenvalue weighted by Gasteiger charge is 2.30. The van der Waals surface area contributed by atoms with Crippen LogP contribution in [-0.2, 0) is 6.18 Å². The van der Waals surface area contributed by atoms with Crippen LogP contribution in [0.25, 0.3) is 0 Å². The van der Waals surface area contributed by atoms with Crippen molar-refractivity contribution in [3.8, 4) is 0 Å². The van der Waals surface area contributed by atoms with E-state index in [1.54, 1.807) is 12.1 Å². The minimum Gasteiger partial charge on any atom is -0.314 e. The van der Waals surface area contributed by atoms with Crippen LogP contribution in [0, 0.1) is 0 Å². The van der Waals surface area contributed by atoms with Crippen molar-refractivity contribution in [2.45, 2.75) is 24.9 Å². The molecular weight excluding hydrogens is 231 g/mol. The summed E-state index contributed by atoms with van der Waals surface area (Å²) < 4.78 is 37.1. The van der Waals surface area contributed by atoms with Gasteiger partial charge < -0.3 is 5.21 Å². The van der Waals surface area contributed by atoms with Crippen LogP contribution >= 0.6 is 0 Å². The van der Waals surface area contributed by atoms with Crippen molar-refractivity contribution in [1.82, 2.24) is 5.06 Å². The first kappa shape index (κ1) is 12.4. The fourth-order valence-electron chi connectivity index (χ4n) is 2.14. The number of halogens is 3. The molecule has 2 rings (SSSR count). The zero-order valence-corrected chi connectivity index (χ0v) is 9.24. The molecule has 17 heavy (non-hydrogen) atoms. The Morgan fingerprint density at radius 3 is 2.06 bits per heavy atom. The molecule has 0 aliphatic carbocycles. The molecule has 1 heterocycles. The number of alkyl halides is 3. The molecule has 94 valence electrons. The molecule has 1 saturated heterocycles. The first-order valence-corrected chi connectivity index (χ1v) is 5.58. The zero-order valence-electron chi connectivity index (χ0n) is 9.24. The number of hydrogen-bond acceptors (Lipinski definition) is 2. The summed E-state index contributed by atoms with van der Waals surface area (Å²) in [6.07, 6.45) is -2.71. The van der Waals surface area contributed by atoms with Gasteiger partial charge in [0.25, 0.3) is 0 Å². The average molecular weight is 245 g/mol. The molecule has 0 atom stereocenters. The quantitative estimate of drug-likeness (QED) is 0.820. The maximum Gasteiger partial charge on any atom is 0.416 e. The minimum atomic E-state index is -4.27. The van der Waals surface area contributed by atoms with E-state index in [1.165, 1.54) is 5.06 Å². The Bertz CT molecular complexity index is 366. The molecule has 0 bridgehead atoms. The van der Waals surface area contributed by atoms with Crippen LogP contribution in [0.3, 0.4) is 0 Å². The summed E-state index contributed by atoms with van der Waals surface area (Å²) in [6.45, 7) is 1.15. The van der Waals surface area contributed by atoms with Crippen LogP contribution in [-0.4, -0.2) is 23.4 Å². The van der Waals surface area contributed by atoms with Crippen LogP contribution in [0.2, 0.25) is 0 Å². The molecule has 5 heteroatoms. The van der Waals surface area contributed by atoms with Crippen LogP contribution in [0.15, 0.2) is 24.3 Å². The maximum atomic E-state index is 12.4. The third kappa shape index (κ3) is 2.98. The predicted molar refractivity (Wildman–Crippen MR) is 56.8 cm³/mol. The largest absolute Gasteiger partial charge is 0.416 e. The highest BCUT2D eigenvalue weighted by atomic mass is 19.4. The van der Waals surface area contributed by atoms with Crippen molar-refractivity contribution in [1.29, 1.82) is 0 Å². The predicted octanol–water partition coefficient (Wildman–Crippen LogP) is 3.27. The summed E-state index contributed by atoms with van der Waals surface area (Å²) in [4.78, 5) is 0. The highest BCUT2D eigenvalue weighted by Crippen LogP contribution is 2.32. The summed E-state index contributed by atoms with van der Waals surface area (Å²) in [5.41, 5.74) is 0.312. The first-order valence-electron chi connectivity index (χ1n) is 5.58. The third-order valence-corrected chi connectivity index (χ3v) is 3.18. The van der Waals surface area contributed by atoms with Gasteiger partial charge in [0.15, 0.2) is 0 Å². The lowest BCUT2D eigenvalue weighted by Crippen LogP contribution is -2.29. The summed E-state index contributed by atoms with van der Waals surface area (Å²) in [7, 11) is 0. The Balaban J connectivity index is 2.08. The second-order valence-corrected chi connectivity index (χ2v) is 4.35. The van der Waals surface area contributed by atoms with Gasteiger partial charge in [-0.15, -0.1) is 0 Å². The smallest absolute Gasteiger partial charge is 0.314 e. The van der Waals surface area contributed by atoms with Crippen molar-refractivity contribution in [2.24, 2.45) is 0 Å². The van der Waals surface area contributed by atoms with Gasteiger partial charge in [0, 0.05) is 13.1 Å². The number of nitrogens with zero attached hydrogens (tertiary/aromatic N) is 1. The van der Waals surface area contributed by atoms with E-state index in [4.69, 9.17) is 0 Å². The van der Waals surface area contributed by atoms with E-state index in [0.717, 1.165) is 30.5 Å². The lowest BCUT2D eigenvalue weighted by atomic mass is 9.89. The Morgan fingerprint density at radius 1 is 1.06 bits per heavy atom. The molecule has 1 aliphatic heterocycles. The van der Waals surface area contributed by atoms with E-state index in [-0.39, 0.29) is 5.92 Å². The van der Waals surface area contributed by atoms with Crippen molar-refractivity contribution in [3.63, 3.8) is 0 Å². The van der Waals surface area contributed by atoms with Crippen molar-refractivity contribution in [2.75, 3.05) is 13.1 Å². The van der Waals surface area contributed by atoms with Gasteiger partial charge >= 0.3 is 6.18 Å². The molecule has 1 fully saturated rings. The van der Waals surface area contributed by atoms with Crippen LogP contribution < -0.4 is 0 Å². The number of hydroxylamine groups is 2. The van der Waals surface area contributed by atoms with Crippen molar-refractivity contribution in [3.05, 3.63) is 35.4 Å². The topological polar surface area (TPSA) is 23.5 Å². The molecule has 1 aliphatic rings. The third-order valence-electron chi connectivity index (χ3n) is 3.18. The van der Waals surface area contributed by atoms with Gasteiger partial charge in [-0.25, -0.2) is 0 Å². The van der Waals surface area contributed by atoms with Gasteiger partial charge in [0.05, 0.1) is 5.56 Å². The van der Waals surface area contributed by atoms with Gasteiger partial charge in [0.2, 0.25) is 0 Å². The van der Waals surface area contributed by atoms with E-state index >= 15 is 0 Å². The Morgan fingerprint density at radius 2 is 1.59 bits per heavy atom. The van der Waals surface area contributed by atoms with Crippen LogP contribution in [0.1, 0.15) is 29.9 Å². The average Bonchev–Trinajstić information content (AvgIpc) is 2.29. The van der Waals surface area contributed by atoms with Gasteiger partial charge in [-0.3, -0.25) is 0 Å². The lowest BCUT2D eigenvalue weighted by molar-refractivity contribution is -0.137. The summed E-state index contributed by atoms with van der Waals surface area (Å²) in [5.74, 6) is 0.251. The fourth-order valence-corrected chi connectivity index (χ4v) is 2.14. The van der Waals surface area contributed by atoms with Crippen molar-refractivity contribution < 1.29 is 18.4 Å². The van der Waals surface area contributed by atoms with Gasteiger partial charge in [-0.1, -0.05) is 12.1 Å². The molecule has 1 N–H and O–H groups in total. The zero-order chi connectivity index (χ0) is 12.5. The maximum absolute atomic E-state index is 12.4. The van der Waals surface area contributed by atoms with E-state index in [0.29, 0.717) is 13.1 Å². The van der Waals surface area contributed by atoms with E-state index in [1.807, 2.05) is 0 Å². The first-order chi connectivity index (χ1) is 7.97. The Labute approximate surface area is 97.6 Å². The second kappa shape index (κ2) is 4.66. The summed E-state index contributed by atoms with van der Waals surface area (Å²) >= 11 is 0. The molecule has 2 nitrogen and oxygen atoms in total. The van der Waals surface area contributed by atoms with Gasteiger partial charge in [0.1, 0.15) is 0 Å². The summed E-state index contributed by atoms with van der Waals surface area (Å²) in [5, 5.41) is 10.5. The fraction of sp³-hybridized carbons (Fsp3) is 0.500. The van der Waals surface area contributed by atoms with Crippen molar-refractivity contribution >= 4 is 0 Å². The standard InChI is InChI=1S/C12H14F3NO/c13-12(14,15)11-3-1-9(2-4-11)10-5-7-16(17)8-6-10/h1-4,10,17H,5-8H2. The molecule has 0 spiro atoms. The Hall–Kier alpha value is -1.07. The number of benzene rings is 1. The molecule has 1 aromatic carbocycles. The van der Waals surface area contributed by atoms with E-state index in [9.17, 15) is 18.4 Å². The van der Waals surface area contributed by atoms with E-state index < -0.39 is 11.7 Å². The van der Waals surface area contributed by atoms with Gasteiger partial charge in [-0.05, 0) is 36.5 Å². The minimum absolute atomic E-state index is 0.251. The number of rotatable bonds is 1. The molecule has 0 amide bonds. The molecule has 0 saturated carbocycles. The molecular formula is C12H14F3NO. The van der Waals surface area contributed by atoms with Crippen LogP contribution in [0.5, 0.6) is 0 Å². The number of hydrogen-bond donors (Lipinski definition) is 1. The SMILES string of the molecule is ON1CCC(c2ccc(C(F)(F)F)cc2)CC1. The molecule has 1 aromatic rings. The normalized spacial score (nSPS) is 19.5. The van der Waals surface area contributed by atoms with Crippen LogP contribution in [0.4, 0.5) is 13.2 Å². The monoisotopic (exact) mass is 245 g/mol. The lowest BCUT2D eigenvalue weighted by Gasteiger charge is -2.27. The summed E-state index contributed by atoms with van der Waals surface area (Å²) in [6, 6.07) is 5.34. The number of piperidine rings is 1. The molecule has 0 radical (unpaired) electrons. The van der Waals surface area contributed by atoms with E-state index in [2.05, 4.69) is 0 Å². The second-order valence-electron chi connectivity index (χ2n) is 4.35. The Kier molecular flexibility index (Phi) is 3.40. The molecule has 0 unspecified atom stereocenters. The highest BCUT2D eigenvalue weighted by molar-refractivity contribution is 5.27. The van der Waals surface area contributed by atoms with Gasteiger partial charge in [-0.2, -0.15) is 18.2 Å².